The zero-order valence-corrected chi connectivity index (χ0v) is 18.8. The van der Waals surface area contributed by atoms with Crippen molar-refractivity contribution in [2.24, 2.45) is 0 Å². The lowest BCUT2D eigenvalue weighted by Crippen LogP contribution is -2.30. The third kappa shape index (κ3) is 16.0. The summed E-state index contributed by atoms with van der Waals surface area (Å²) < 4.78 is 24.2. The molecular formula is C20H41N2O4P. The van der Waals surface area contributed by atoms with Crippen LogP contribution in [0.5, 0.6) is 0 Å². The highest BCUT2D eigenvalue weighted by Crippen LogP contribution is 2.38. The Hall–Kier alpha value is -0.680. The third-order valence-electron chi connectivity index (χ3n) is 3.90. The van der Waals surface area contributed by atoms with E-state index in [0.29, 0.717) is 12.8 Å². The first kappa shape index (κ1) is 26.3. The van der Waals surface area contributed by atoms with Gasteiger partial charge < -0.3 is 13.9 Å². The molecule has 0 atom stereocenters. The van der Waals surface area contributed by atoms with Crippen LogP contribution in [-0.2, 0) is 26.7 Å². The van der Waals surface area contributed by atoms with Crippen molar-refractivity contribution >= 4 is 7.82 Å². The van der Waals surface area contributed by atoms with Crippen molar-refractivity contribution in [1.82, 2.24) is 4.57 Å². The van der Waals surface area contributed by atoms with Gasteiger partial charge in [-0.2, -0.15) is 0 Å². The van der Waals surface area contributed by atoms with E-state index in [0.717, 1.165) is 6.54 Å². The molecule has 1 rings (SSSR count). The smallest absolute Gasteiger partial charge is 0.267 e. The fourth-order valence-corrected chi connectivity index (χ4v) is 3.37. The first-order chi connectivity index (χ1) is 13.0. The Balaban J connectivity index is 0.000000541. The van der Waals surface area contributed by atoms with Crippen LogP contribution in [0.3, 0.4) is 0 Å². The van der Waals surface area contributed by atoms with Crippen molar-refractivity contribution in [2.45, 2.75) is 98.6 Å². The van der Waals surface area contributed by atoms with E-state index in [1.54, 1.807) is 0 Å². The van der Waals surface area contributed by atoms with E-state index in [9.17, 15) is 9.46 Å². The van der Waals surface area contributed by atoms with Gasteiger partial charge in [0.05, 0.1) is 26.3 Å². The van der Waals surface area contributed by atoms with E-state index < -0.39 is 7.82 Å². The van der Waals surface area contributed by atoms with Gasteiger partial charge in [0.1, 0.15) is 12.4 Å². The Bertz CT molecular complexity index is 482. The van der Waals surface area contributed by atoms with Gasteiger partial charge in [0.2, 0.25) is 6.33 Å². The van der Waals surface area contributed by atoms with E-state index >= 15 is 0 Å². The van der Waals surface area contributed by atoms with Crippen molar-refractivity contribution in [2.75, 3.05) is 13.2 Å². The van der Waals surface area contributed by atoms with Crippen molar-refractivity contribution in [3.8, 4) is 0 Å². The largest absolute Gasteiger partial charge is 0.756 e. The number of nitrogens with zero attached hydrogens (tertiary/aromatic N) is 2. The summed E-state index contributed by atoms with van der Waals surface area (Å²) in [6, 6.07) is 0. The molecule has 0 fully saturated rings. The summed E-state index contributed by atoms with van der Waals surface area (Å²) in [6.45, 7) is 10.9. The van der Waals surface area contributed by atoms with Gasteiger partial charge in [-0.25, -0.2) is 9.13 Å². The molecule has 1 heterocycles. The Morgan fingerprint density at radius 2 is 1.48 bits per heavy atom. The van der Waals surface area contributed by atoms with Crippen molar-refractivity contribution < 1.29 is 23.1 Å². The summed E-state index contributed by atoms with van der Waals surface area (Å²) >= 11 is 0. The van der Waals surface area contributed by atoms with E-state index in [2.05, 4.69) is 50.8 Å². The van der Waals surface area contributed by atoms with Gasteiger partial charge in [0, 0.05) is 0 Å². The molecule has 160 valence electrons. The molecule has 0 amide bonds. The molecular weight excluding hydrogens is 363 g/mol. The minimum Gasteiger partial charge on any atom is -0.756 e. The normalized spacial score (nSPS) is 11.3. The van der Waals surface area contributed by atoms with Crippen LogP contribution >= 0.6 is 7.82 Å². The highest BCUT2D eigenvalue weighted by Gasteiger charge is 2.06. The maximum atomic E-state index is 10.7. The summed E-state index contributed by atoms with van der Waals surface area (Å²) in [4.78, 5) is 10.7. The zero-order chi connectivity index (χ0) is 20.4. The Kier molecular flexibility index (Phi) is 17.0. The predicted octanol–water partition coefficient (Wildman–Crippen LogP) is 4.85. The van der Waals surface area contributed by atoms with E-state index in [4.69, 9.17) is 0 Å². The number of imidazole rings is 1. The topological polar surface area (TPSA) is 67.4 Å². The van der Waals surface area contributed by atoms with Crippen LogP contribution in [0, 0.1) is 0 Å². The molecule has 6 nitrogen and oxygen atoms in total. The summed E-state index contributed by atoms with van der Waals surface area (Å²) in [7, 11) is -3.98. The van der Waals surface area contributed by atoms with Crippen molar-refractivity contribution in [3.05, 3.63) is 18.7 Å². The quantitative estimate of drug-likeness (QED) is 0.238. The Morgan fingerprint density at radius 3 is 2.04 bits per heavy atom. The SMILES string of the molecule is CCCCCCCCn1cc[n+](CCC)c1.CCCOP(=O)([O-])OCCC. The second-order valence-electron chi connectivity index (χ2n) is 6.77. The highest BCUT2D eigenvalue weighted by atomic mass is 31.2. The number of rotatable bonds is 15. The monoisotopic (exact) mass is 404 g/mol. The summed E-state index contributed by atoms with van der Waals surface area (Å²) in [5, 5.41) is 0. The summed E-state index contributed by atoms with van der Waals surface area (Å²) in [5.41, 5.74) is 0. The van der Waals surface area contributed by atoms with Gasteiger partial charge >= 0.3 is 0 Å². The van der Waals surface area contributed by atoms with Crippen molar-refractivity contribution in [1.29, 1.82) is 0 Å². The van der Waals surface area contributed by atoms with E-state index in [-0.39, 0.29) is 13.2 Å². The molecule has 0 saturated carbocycles. The molecule has 0 aromatic carbocycles. The maximum absolute atomic E-state index is 10.7. The Labute approximate surface area is 166 Å². The molecule has 0 bridgehead atoms. The van der Waals surface area contributed by atoms with Crippen LogP contribution in [0.15, 0.2) is 18.7 Å². The molecule has 0 spiro atoms. The summed E-state index contributed by atoms with van der Waals surface area (Å²) in [6.07, 6.45) is 17.4. The molecule has 0 aliphatic rings. The average molecular weight is 405 g/mol. The van der Waals surface area contributed by atoms with Gasteiger partial charge in [-0.1, -0.05) is 53.4 Å². The van der Waals surface area contributed by atoms with Gasteiger partial charge in [0.25, 0.3) is 7.82 Å². The van der Waals surface area contributed by atoms with Crippen LogP contribution in [-0.4, -0.2) is 17.8 Å². The fourth-order valence-electron chi connectivity index (χ4n) is 2.48. The van der Waals surface area contributed by atoms with Gasteiger partial charge in [-0.15, -0.1) is 0 Å². The highest BCUT2D eigenvalue weighted by molar-refractivity contribution is 7.45. The lowest BCUT2D eigenvalue weighted by molar-refractivity contribution is -0.696. The number of unbranched alkanes of at least 4 members (excludes halogenated alkanes) is 5. The van der Waals surface area contributed by atoms with Gasteiger partial charge in [-0.3, -0.25) is 4.57 Å². The average Bonchev–Trinajstić information content (AvgIpc) is 3.10. The molecule has 0 N–H and O–H groups in total. The number of phosphoric ester groups is 1. The number of aryl methyl sites for hydroxylation is 2. The zero-order valence-electron chi connectivity index (χ0n) is 17.9. The van der Waals surface area contributed by atoms with Crippen molar-refractivity contribution in [3.63, 3.8) is 0 Å². The van der Waals surface area contributed by atoms with Crippen LogP contribution < -0.4 is 9.46 Å². The molecule has 0 aliphatic carbocycles. The molecule has 0 radical (unpaired) electrons. The second kappa shape index (κ2) is 17.4. The van der Waals surface area contributed by atoms with Crippen LogP contribution in [0.2, 0.25) is 0 Å². The number of phosphoric acid groups is 1. The molecule has 0 saturated heterocycles. The van der Waals surface area contributed by atoms with Crippen LogP contribution in [0.1, 0.15) is 85.5 Å². The second-order valence-corrected chi connectivity index (χ2v) is 8.18. The first-order valence-corrected chi connectivity index (χ1v) is 12.1. The molecule has 27 heavy (non-hydrogen) atoms. The molecule has 1 aromatic rings. The maximum Gasteiger partial charge on any atom is 0.267 e. The molecule has 0 aliphatic heterocycles. The van der Waals surface area contributed by atoms with Gasteiger partial charge in [-0.05, 0) is 32.1 Å². The third-order valence-corrected chi connectivity index (χ3v) is 4.90. The lowest BCUT2D eigenvalue weighted by Gasteiger charge is -2.21. The van der Waals surface area contributed by atoms with E-state index in [1.807, 2.05) is 13.8 Å². The number of hydrogen-bond acceptors (Lipinski definition) is 4. The lowest BCUT2D eigenvalue weighted by atomic mass is 10.1. The van der Waals surface area contributed by atoms with E-state index in [1.165, 1.54) is 51.5 Å². The minimum absolute atomic E-state index is 0.199. The number of aromatic nitrogens is 2. The van der Waals surface area contributed by atoms with Gasteiger partial charge in [0.15, 0.2) is 0 Å². The molecule has 1 aromatic heterocycles. The standard InChI is InChI=1S/C14H27N2.C6H15O4P/c1-3-5-6-7-8-9-11-16-13-12-15(14-16)10-4-2;1-3-5-9-11(7,8)10-6-4-2/h12-14H,3-11H2,1-2H3;3-6H2,1-2H3,(H,7,8)/q+1;/p-1. The van der Waals surface area contributed by atoms with Crippen LogP contribution in [0.25, 0.3) is 0 Å². The minimum atomic E-state index is -3.98. The predicted molar refractivity (Wildman–Crippen MR) is 108 cm³/mol. The fraction of sp³-hybridized carbons (Fsp3) is 0.850. The molecule has 0 unspecified atom stereocenters. The number of hydrogen-bond donors (Lipinski definition) is 0. The molecule has 7 heteroatoms. The summed E-state index contributed by atoms with van der Waals surface area (Å²) in [5.74, 6) is 0. The Morgan fingerprint density at radius 1 is 0.889 bits per heavy atom. The van der Waals surface area contributed by atoms with Crippen LogP contribution in [0.4, 0.5) is 0 Å². The first-order valence-electron chi connectivity index (χ1n) is 10.6.